The third-order valence-electron chi connectivity index (χ3n) is 11.3. The molecule has 0 aliphatic carbocycles. The van der Waals surface area contributed by atoms with Crippen LogP contribution in [0.5, 0.6) is 0 Å². The largest absolute Gasteiger partial charge is 0.394 e. The van der Waals surface area contributed by atoms with Gasteiger partial charge >= 0.3 is 0 Å². The first-order valence-electron chi connectivity index (χ1n) is 24.9. The van der Waals surface area contributed by atoms with Gasteiger partial charge in [-0.3, -0.25) is 4.79 Å². The molecule has 0 fully saturated rings. The minimum atomic E-state index is -0.873. The zero-order valence-corrected chi connectivity index (χ0v) is 37.7. The molecule has 2 atom stereocenters. The van der Waals surface area contributed by atoms with Crippen LogP contribution in [0.4, 0.5) is 0 Å². The Morgan fingerprint density at radius 1 is 0.411 bits per heavy atom. The van der Waals surface area contributed by atoms with Gasteiger partial charge in [-0.2, -0.15) is 0 Å². The SMILES string of the molecule is CCCCCCCCCCC/C=C\CCCCCCCCCC(=O)NC(CO)C(O)/C=C/CC/C=C/CC/C=C/CCCCCCCCCCCCCCCC. The average molecular weight is 784 g/mol. The molecule has 2 unspecified atom stereocenters. The lowest BCUT2D eigenvalue weighted by atomic mass is 10.0. The molecule has 1 amide bonds. The quantitative estimate of drug-likeness (QED) is 0.0425. The molecule has 328 valence electrons. The van der Waals surface area contributed by atoms with E-state index in [1.807, 2.05) is 6.08 Å². The molecule has 0 radical (unpaired) electrons. The van der Waals surface area contributed by atoms with E-state index >= 15 is 0 Å². The number of hydrogen-bond acceptors (Lipinski definition) is 3. The number of hydrogen-bond donors (Lipinski definition) is 3. The predicted molar refractivity (Wildman–Crippen MR) is 248 cm³/mol. The van der Waals surface area contributed by atoms with Crippen LogP contribution < -0.4 is 5.32 Å². The Bertz CT molecular complexity index is 893. The van der Waals surface area contributed by atoms with E-state index in [4.69, 9.17) is 0 Å². The fourth-order valence-corrected chi connectivity index (χ4v) is 7.44. The van der Waals surface area contributed by atoms with E-state index in [0.717, 1.165) is 38.5 Å². The summed E-state index contributed by atoms with van der Waals surface area (Å²) in [5.74, 6) is -0.0812. The maximum Gasteiger partial charge on any atom is 0.220 e. The Morgan fingerprint density at radius 3 is 1.04 bits per heavy atom. The zero-order chi connectivity index (χ0) is 40.7. The van der Waals surface area contributed by atoms with Crippen molar-refractivity contribution in [2.45, 2.75) is 270 Å². The summed E-state index contributed by atoms with van der Waals surface area (Å²) >= 11 is 0. The maximum atomic E-state index is 12.4. The number of rotatable bonds is 45. The van der Waals surface area contributed by atoms with Crippen LogP contribution in [0.1, 0.15) is 258 Å². The molecule has 0 saturated heterocycles. The van der Waals surface area contributed by atoms with Gasteiger partial charge in [-0.1, -0.05) is 229 Å². The summed E-state index contributed by atoms with van der Waals surface area (Å²) < 4.78 is 0. The Labute approximate surface area is 350 Å². The van der Waals surface area contributed by atoms with Gasteiger partial charge in [-0.05, 0) is 70.6 Å². The molecule has 0 rings (SSSR count). The Morgan fingerprint density at radius 2 is 0.696 bits per heavy atom. The van der Waals surface area contributed by atoms with E-state index in [1.165, 1.54) is 199 Å². The molecule has 0 aromatic heterocycles. The summed E-state index contributed by atoms with van der Waals surface area (Å²) in [4.78, 5) is 12.4. The second-order valence-corrected chi connectivity index (χ2v) is 16.9. The number of aliphatic hydroxyl groups excluding tert-OH is 2. The summed E-state index contributed by atoms with van der Waals surface area (Å²) in [5, 5.41) is 23.1. The van der Waals surface area contributed by atoms with Gasteiger partial charge in [0.15, 0.2) is 0 Å². The summed E-state index contributed by atoms with van der Waals surface area (Å²) in [7, 11) is 0. The molecule has 0 heterocycles. The number of unbranched alkanes of at least 4 members (excludes halogenated alkanes) is 32. The van der Waals surface area contributed by atoms with Crippen molar-refractivity contribution in [3.05, 3.63) is 48.6 Å². The van der Waals surface area contributed by atoms with Crippen LogP contribution in [0, 0.1) is 0 Å². The lowest BCUT2D eigenvalue weighted by molar-refractivity contribution is -0.123. The summed E-state index contributed by atoms with van der Waals surface area (Å²) in [5.41, 5.74) is 0. The fourth-order valence-electron chi connectivity index (χ4n) is 7.44. The van der Waals surface area contributed by atoms with Crippen molar-refractivity contribution < 1.29 is 15.0 Å². The Hall–Kier alpha value is -1.65. The van der Waals surface area contributed by atoms with Gasteiger partial charge in [-0.25, -0.2) is 0 Å². The molecule has 3 N–H and O–H groups in total. The molecular formula is C52H97NO3. The summed E-state index contributed by atoms with van der Waals surface area (Å²) in [6.07, 6.45) is 65.3. The predicted octanol–water partition coefficient (Wildman–Crippen LogP) is 15.9. The second-order valence-electron chi connectivity index (χ2n) is 16.9. The standard InChI is InChI=1S/C52H97NO3/c1-3-5-7-9-11-13-15-17-19-21-23-25-26-27-28-29-31-33-35-37-39-41-43-45-47-51(55)50(49-54)53-52(56)48-46-44-42-40-38-36-34-32-30-24-22-20-18-16-14-12-10-8-6-4-2/h24,29-31,37,39,45,47,50-51,54-55H,3-23,25-28,32-36,38,40-44,46,48-49H2,1-2H3,(H,53,56)/b30-24-,31-29+,39-37+,47-45+. The number of allylic oxidation sites excluding steroid dienone is 7. The highest BCUT2D eigenvalue weighted by molar-refractivity contribution is 5.76. The Balaban J connectivity index is 3.61. The molecule has 0 spiro atoms. The first-order chi connectivity index (χ1) is 27.7. The third-order valence-corrected chi connectivity index (χ3v) is 11.3. The van der Waals surface area contributed by atoms with Crippen LogP contribution >= 0.6 is 0 Å². The molecule has 0 aliphatic rings. The van der Waals surface area contributed by atoms with Crippen molar-refractivity contribution in [3.63, 3.8) is 0 Å². The molecule has 0 saturated carbocycles. The van der Waals surface area contributed by atoms with Gasteiger partial charge in [0.05, 0.1) is 18.8 Å². The fraction of sp³-hybridized carbons (Fsp3) is 0.827. The number of nitrogens with one attached hydrogen (secondary N) is 1. The van der Waals surface area contributed by atoms with E-state index in [-0.39, 0.29) is 12.5 Å². The smallest absolute Gasteiger partial charge is 0.220 e. The van der Waals surface area contributed by atoms with Crippen LogP contribution in [-0.2, 0) is 4.79 Å². The lowest BCUT2D eigenvalue weighted by Gasteiger charge is -2.19. The molecular weight excluding hydrogens is 687 g/mol. The number of carbonyl (C=O) groups is 1. The van der Waals surface area contributed by atoms with Crippen molar-refractivity contribution in [2.75, 3.05) is 6.61 Å². The molecule has 0 bridgehead atoms. The van der Waals surface area contributed by atoms with E-state index < -0.39 is 12.1 Å². The van der Waals surface area contributed by atoms with Crippen LogP contribution in [0.15, 0.2) is 48.6 Å². The monoisotopic (exact) mass is 784 g/mol. The zero-order valence-electron chi connectivity index (χ0n) is 37.7. The van der Waals surface area contributed by atoms with Crippen molar-refractivity contribution in [1.82, 2.24) is 5.32 Å². The van der Waals surface area contributed by atoms with Gasteiger partial charge < -0.3 is 15.5 Å². The molecule has 56 heavy (non-hydrogen) atoms. The summed E-state index contributed by atoms with van der Waals surface area (Å²) in [6.45, 7) is 4.31. The minimum absolute atomic E-state index is 0.0812. The van der Waals surface area contributed by atoms with Crippen LogP contribution in [-0.4, -0.2) is 34.9 Å². The first-order valence-corrected chi connectivity index (χ1v) is 24.9. The van der Waals surface area contributed by atoms with E-state index in [2.05, 4.69) is 55.6 Å². The van der Waals surface area contributed by atoms with Crippen molar-refractivity contribution >= 4 is 5.91 Å². The van der Waals surface area contributed by atoms with Gasteiger partial charge in [0, 0.05) is 6.42 Å². The van der Waals surface area contributed by atoms with Crippen molar-refractivity contribution in [1.29, 1.82) is 0 Å². The lowest BCUT2D eigenvalue weighted by Crippen LogP contribution is -2.45. The van der Waals surface area contributed by atoms with Gasteiger partial charge in [0.1, 0.15) is 0 Å². The molecule has 0 aromatic carbocycles. The molecule has 4 nitrogen and oxygen atoms in total. The number of aliphatic hydroxyl groups is 2. The van der Waals surface area contributed by atoms with Gasteiger partial charge in [0.25, 0.3) is 0 Å². The summed E-state index contributed by atoms with van der Waals surface area (Å²) in [6, 6.07) is -0.648. The second kappa shape index (κ2) is 47.7. The normalized spacial score (nSPS) is 13.3. The van der Waals surface area contributed by atoms with Crippen LogP contribution in [0.3, 0.4) is 0 Å². The highest BCUT2D eigenvalue weighted by Gasteiger charge is 2.17. The average Bonchev–Trinajstić information content (AvgIpc) is 3.20. The highest BCUT2D eigenvalue weighted by Crippen LogP contribution is 2.15. The minimum Gasteiger partial charge on any atom is -0.394 e. The number of carbonyl (C=O) groups excluding carboxylic acids is 1. The van der Waals surface area contributed by atoms with Gasteiger partial charge in [-0.15, -0.1) is 0 Å². The van der Waals surface area contributed by atoms with Crippen LogP contribution in [0.2, 0.25) is 0 Å². The molecule has 0 aromatic rings. The van der Waals surface area contributed by atoms with Crippen molar-refractivity contribution in [2.24, 2.45) is 0 Å². The van der Waals surface area contributed by atoms with Crippen LogP contribution in [0.25, 0.3) is 0 Å². The molecule has 0 aliphatic heterocycles. The van der Waals surface area contributed by atoms with Gasteiger partial charge in [0.2, 0.25) is 5.91 Å². The third kappa shape index (κ3) is 43.5. The Kier molecular flexibility index (Phi) is 46.3. The highest BCUT2D eigenvalue weighted by atomic mass is 16.3. The molecule has 4 heteroatoms. The topological polar surface area (TPSA) is 69.6 Å². The van der Waals surface area contributed by atoms with E-state index in [1.54, 1.807) is 6.08 Å². The maximum absolute atomic E-state index is 12.4. The first kappa shape index (κ1) is 54.3. The van der Waals surface area contributed by atoms with E-state index in [0.29, 0.717) is 6.42 Å². The van der Waals surface area contributed by atoms with E-state index in [9.17, 15) is 15.0 Å². The van der Waals surface area contributed by atoms with Crippen molar-refractivity contribution in [3.8, 4) is 0 Å². The number of amides is 1.